The molecule has 0 bridgehead atoms. The van der Waals surface area contributed by atoms with Gasteiger partial charge in [-0.2, -0.15) is 5.10 Å². The summed E-state index contributed by atoms with van der Waals surface area (Å²) in [5, 5.41) is 9.41. The van der Waals surface area contributed by atoms with Crippen LogP contribution in [0.1, 0.15) is 22.4 Å². The number of pyridine rings is 2. The van der Waals surface area contributed by atoms with Crippen LogP contribution in [0.25, 0.3) is 0 Å². The summed E-state index contributed by atoms with van der Waals surface area (Å²) in [6.07, 6.45) is 8.42. The van der Waals surface area contributed by atoms with Crippen molar-refractivity contribution in [2.24, 2.45) is 0 Å². The monoisotopic (exact) mass is 392 g/mol. The average molecular weight is 392 g/mol. The SMILES string of the molecule is Cc1cnc(CCNC(=O)C(=O)Nc2ccn(CCc3ccncc3)n2)c(C)c1. The van der Waals surface area contributed by atoms with Crippen LogP contribution in [0, 0.1) is 13.8 Å². The van der Waals surface area contributed by atoms with E-state index in [4.69, 9.17) is 0 Å². The molecule has 0 saturated heterocycles. The van der Waals surface area contributed by atoms with E-state index in [1.165, 1.54) is 0 Å². The Labute approximate surface area is 169 Å². The lowest BCUT2D eigenvalue weighted by Gasteiger charge is -2.07. The summed E-state index contributed by atoms with van der Waals surface area (Å²) in [6, 6.07) is 7.60. The van der Waals surface area contributed by atoms with E-state index in [2.05, 4.69) is 25.7 Å². The predicted octanol–water partition coefficient (Wildman–Crippen LogP) is 1.83. The van der Waals surface area contributed by atoms with Crippen molar-refractivity contribution in [1.82, 2.24) is 25.1 Å². The van der Waals surface area contributed by atoms with Crippen LogP contribution in [0.5, 0.6) is 0 Å². The first-order valence-electron chi connectivity index (χ1n) is 9.45. The maximum absolute atomic E-state index is 12.1. The fourth-order valence-corrected chi connectivity index (χ4v) is 2.90. The second-order valence-electron chi connectivity index (χ2n) is 6.81. The van der Waals surface area contributed by atoms with Crippen molar-refractivity contribution < 1.29 is 9.59 Å². The second kappa shape index (κ2) is 9.59. The number of aromatic nitrogens is 4. The number of carbonyl (C=O) groups excluding carboxylic acids is 2. The molecule has 3 aromatic rings. The number of rotatable bonds is 7. The molecule has 0 atom stereocenters. The largest absolute Gasteiger partial charge is 0.347 e. The zero-order valence-electron chi connectivity index (χ0n) is 16.6. The third-order valence-electron chi connectivity index (χ3n) is 4.44. The summed E-state index contributed by atoms with van der Waals surface area (Å²) in [7, 11) is 0. The van der Waals surface area contributed by atoms with Crippen molar-refractivity contribution in [3.8, 4) is 0 Å². The molecule has 8 heteroatoms. The maximum atomic E-state index is 12.1. The standard InChI is InChI=1S/C21H24N6O2/c1-15-13-16(2)18(24-14-15)5-10-23-20(28)21(29)25-19-7-12-27(26-19)11-6-17-3-8-22-9-4-17/h3-4,7-9,12-14H,5-6,10-11H2,1-2H3,(H,23,28)(H,25,26,29). The van der Waals surface area contributed by atoms with Gasteiger partial charge in [0.2, 0.25) is 0 Å². The molecule has 0 aliphatic heterocycles. The molecular weight excluding hydrogens is 368 g/mol. The molecule has 0 aliphatic rings. The van der Waals surface area contributed by atoms with E-state index in [9.17, 15) is 9.59 Å². The smallest absolute Gasteiger partial charge is 0.314 e. The molecule has 0 aromatic carbocycles. The van der Waals surface area contributed by atoms with Gasteiger partial charge in [-0.3, -0.25) is 24.2 Å². The first-order valence-corrected chi connectivity index (χ1v) is 9.45. The van der Waals surface area contributed by atoms with Crippen LogP contribution < -0.4 is 10.6 Å². The van der Waals surface area contributed by atoms with Gasteiger partial charge in [0.1, 0.15) is 0 Å². The number of anilines is 1. The van der Waals surface area contributed by atoms with Gasteiger partial charge in [0.05, 0.1) is 0 Å². The summed E-state index contributed by atoms with van der Waals surface area (Å²) in [5.74, 6) is -1.09. The number of amides is 2. The Balaban J connectivity index is 1.43. The Morgan fingerprint density at radius 2 is 1.86 bits per heavy atom. The Morgan fingerprint density at radius 3 is 2.62 bits per heavy atom. The van der Waals surface area contributed by atoms with Crippen molar-refractivity contribution in [2.75, 3.05) is 11.9 Å². The van der Waals surface area contributed by atoms with Gasteiger partial charge in [-0.05, 0) is 49.1 Å². The topological polar surface area (TPSA) is 102 Å². The summed E-state index contributed by atoms with van der Waals surface area (Å²) in [6.45, 7) is 4.96. The highest BCUT2D eigenvalue weighted by atomic mass is 16.2. The third kappa shape index (κ3) is 5.97. The van der Waals surface area contributed by atoms with Crippen molar-refractivity contribution in [2.45, 2.75) is 33.2 Å². The molecule has 150 valence electrons. The maximum Gasteiger partial charge on any atom is 0.314 e. The highest BCUT2D eigenvalue weighted by molar-refractivity contribution is 6.39. The molecule has 3 aromatic heterocycles. The predicted molar refractivity (Wildman–Crippen MR) is 109 cm³/mol. The van der Waals surface area contributed by atoms with Gasteiger partial charge in [0.15, 0.2) is 5.82 Å². The number of hydrogen-bond donors (Lipinski definition) is 2. The van der Waals surface area contributed by atoms with Crippen LogP contribution >= 0.6 is 0 Å². The molecule has 29 heavy (non-hydrogen) atoms. The van der Waals surface area contributed by atoms with E-state index in [1.54, 1.807) is 35.5 Å². The van der Waals surface area contributed by atoms with Crippen molar-refractivity contribution in [3.05, 3.63) is 71.4 Å². The molecule has 0 fully saturated rings. The highest BCUT2D eigenvalue weighted by Crippen LogP contribution is 2.07. The molecule has 2 N–H and O–H groups in total. The van der Waals surface area contributed by atoms with Crippen LogP contribution in [-0.2, 0) is 29.0 Å². The van der Waals surface area contributed by atoms with Gasteiger partial charge in [-0.1, -0.05) is 6.07 Å². The normalized spacial score (nSPS) is 10.6. The summed E-state index contributed by atoms with van der Waals surface area (Å²) < 4.78 is 1.72. The average Bonchev–Trinajstić information content (AvgIpc) is 3.16. The van der Waals surface area contributed by atoms with Crippen LogP contribution in [0.2, 0.25) is 0 Å². The minimum absolute atomic E-state index is 0.337. The molecular formula is C21H24N6O2. The van der Waals surface area contributed by atoms with Crippen molar-refractivity contribution in [3.63, 3.8) is 0 Å². The van der Waals surface area contributed by atoms with E-state index in [1.807, 2.05) is 32.0 Å². The molecule has 8 nitrogen and oxygen atoms in total. The fraction of sp³-hybridized carbons (Fsp3) is 0.286. The van der Waals surface area contributed by atoms with E-state index < -0.39 is 11.8 Å². The van der Waals surface area contributed by atoms with Crippen LogP contribution in [0.3, 0.4) is 0 Å². The summed E-state index contributed by atoms with van der Waals surface area (Å²) in [4.78, 5) is 32.4. The van der Waals surface area contributed by atoms with E-state index in [-0.39, 0.29) is 0 Å². The van der Waals surface area contributed by atoms with Gasteiger partial charge in [0, 0.05) is 56.1 Å². The Kier molecular flexibility index (Phi) is 6.67. The van der Waals surface area contributed by atoms with E-state index in [0.29, 0.717) is 25.3 Å². The van der Waals surface area contributed by atoms with Gasteiger partial charge >= 0.3 is 11.8 Å². The lowest BCUT2D eigenvalue weighted by atomic mass is 10.1. The Bertz CT molecular complexity index is 984. The highest BCUT2D eigenvalue weighted by Gasteiger charge is 2.14. The molecule has 0 aliphatic carbocycles. The van der Waals surface area contributed by atoms with Crippen molar-refractivity contribution >= 4 is 17.6 Å². The van der Waals surface area contributed by atoms with Gasteiger partial charge < -0.3 is 10.6 Å². The molecule has 2 amide bonds. The number of aryl methyl sites for hydroxylation is 4. The Morgan fingerprint density at radius 1 is 1.07 bits per heavy atom. The quantitative estimate of drug-likeness (QED) is 0.597. The van der Waals surface area contributed by atoms with E-state index >= 15 is 0 Å². The third-order valence-corrected chi connectivity index (χ3v) is 4.44. The number of nitrogens with zero attached hydrogens (tertiary/aromatic N) is 4. The zero-order valence-corrected chi connectivity index (χ0v) is 16.6. The van der Waals surface area contributed by atoms with Gasteiger partial charge in [-0.15, -0.1) is 0 Å². The lowest BCUT2D eigenvalue weighted by Crippen LogP contribution is -2.36. The van der Waals surface area contributed by atoms with Crippen LogP contribution in [-0.4, -0.2) is 38.1 Å². The van der Waals surface area contributed by atoms with Crippen LogP contribution in [0.4, 0.5) is 5.82 Å². The van der Waals surface area contributed by atoms with E-state index in [0.717, 1.165) is 28.8 Å². The molecule has 3 rings (SSSR count). The zero-order chi connectivity index (χ0) is 20.6. The molecule has 0 unspecified atom stereocenters. The summed E-state index contributed by atoms with van der Waals surface area (Å²) in [5.41, 5.74) is 4.22. The van der Waals surface area contributed by atoms with Crippen LogP contribution in [0.15, 0.2) is 49.1 Å². The first-order chi connectivity index (χ1) is 14.0. The second-order valence-corrected chi connectivity index (χ2v) is 6.81. The number of hydrogen-bond acceptors (Lipinski definition) is 5. The Hall–Kier alpha value is -3.55. The van der Waals surface area contributed by atoms with Gasteiger partial charge in [-0.25, -0.2) is 0 Å². The lowest BCUT2D eigenvalue weighted by molar-refractivity contribution is -0.136. The molecule has 3 heterocycles. The molecule has 0 spiro atoms. The number of nitrogens with one attached hydrogen (secondary N) is 2. The van der Waals surface area contributed by atoms with Gasteiger partial charge in [0.25, 0.3) is 0 Å². The van der Waals surface area contributed by atoms with Crippen molar-refractivity contribution in [1.29, 1.82) is 0 Å². The molecule has 0 radical (unpaired) electrons. The number of carbonyl (C=O) groups is 2. The molecule has 0 saturated carbocycles. The first kappa shape index (κ1) is 20.2. The summed E-state index contributed by atoms with van der Waals surface area (Å²) >= 11 is 0. The minimum atomic E-state index is -0.738. The fourth-order valence-electron chi connectivity index (χ4n) is 2.90. The minimum Gasteiger partial charge on any atom is -0.347 e.